The number of allylic oxidation sites excluding steroid dienone is 2. The van der Waals surface area contributed by atoms with Gasteiger partial charge in [-0.3, -0.25) is 33.6 Å². The van der Waals surface area contributed by atoms with Gasteiger partial charge >= 0.3 is 0 Å². The molecular formula is C112H180N8O8. The molecule has 0 aromatic heterocycles. The summed E-state index contributed by atoms with van der Waals surface area (Å²) in [5.41, 5.74) is 7.91. The second-order valence-corrected chi connectivity index (χ2v) is 52.6. The van der Waals surface area contributed by atoms with Gasteiger partial charge in [0.15, 0.2) is 5.78 Å². The third-order valence-electron chi connectivity index (χ3n) is 35.1. The van der Waals surface area contributed by atoms with Crippen molar-refractivity contribution in [3.05, 3.63) is 74.5 Å². The number of ether oxygens (including phenoxy) is 1. The number of rotatable bonds is 12. The van der Waals surface area contributed by atoms with E-state index in [0.29, 0.717) is 87.8 Å². The third-order valence-corrected chi connectivity index (χ3v) is 35.1. The predicted octanol–water partition coefficient (Wildman–Crippen LogP) is 21.0. The van der Waals surface area contributed by atoms with E-state index in [1.54, 1.807) is 26.0 Å². The third kappa shape index (κ3) is 25.0. The summed E-state index contributed by atoms with van der Waals surface area (Å²) in [7, 11) is 4.02. The number of likely N-dealkylation sites (tertiary alicyclic amines) is 7. The van der Waals surface area contributed by atoms with Crippen LogP contribution >= 0.6 is 0 Å². The van der Waals surface area contributed by atoms with Crippen molar-refractivity contribution in [1.82, 2.24) is 39.2 Å². The maximum atomic E-state index is 11.9. The first-order chi connectivity index (χ1) is 59.2. The van der Waals surface area contributed by atoms with Gasteiger partial charge in [-0.25, -0.2) is 0 Å². The lowest BCUT2D eigenvalue weighted by atomic mass is 9.44. The molecule has 0 bridgehead atoms. The molecule has 17 rings (SSSR count). The predicted molar refractivity (Wildman–Crippen MR) is 525 cm³/mol. The molecule has 716 valence electrons. The van der Waals surface area contributed by atoms with Gasteiger partial charge in [0.25, 0.3) is 11.8 Å². The Hall–Kier alpha value is -6.23. The molecule has 1 atom stereocenters. The smallest absolute Gasteiger partial charge is 0.298 e. The van der Waals surface area contributed by atoms with Gasteiger partial charge in [-0.2, -0.15) is 0 Å². The highest BCUT2D eigenvalue weighted by atomic mass is 16.6. The van der Waals surface area contributed by atoms with Gasteiger partial charge in [-0.15, -0.1) is 0 Å². The fourth-order valence-corrected chi connectivity index (χ4v) is 24.9. The number of nitrogens with zero attached hydrogens (tertiary/aromatic N) is 8. The minimum absolute atomic E-state index is 0.0103. The summed E-state index contributed by atoms with van der Waals surface area (Å²) < 4.78 is 5.27. The molecule has 8 spiro atoms. The van der Waals surface area contributed by atoms with Crippen LogP contribution in [0, 0.1) is 165 Å². The number of carbonyl (C=O) groups excluding carboxylic acids is 7. The fourth-order valence-electron chi connectivity index (χ4n) is 24.9. The van der Waals surface area contributed by atoms with Crippen LogP contribution in [0.2, 0.25) is 0 Å². The first-order valence-corrected chi connectivity index (χ1v) is 50.2. The van der Waals surface area contributed by atoms with Crippen LogP contribution in [0.3, 0.4) is 0 Å². The van der Waals surface area contributed by atoms with Crippen molar-refractivity contribution in [2.45, 2.75) is 308 Å². The number of hydrogen-bond donors (Lipinski definition) is 0. The van der Waals surface area contributed by atoms with Crippen molar-refractivity contribution >= 4 is 41.2 Å². The van der Waals surface area contributed by atoms with Crippen molar-refractivity contribution in [3.63, 3.8) is 0 Å². The average molecular weight is 1770 g/mol. The summed E-state index contributed by atoms with van der Waals surface area (Å²) in [6.45, 7) is 86.9. The van der Waals surface area contributed by atoms with Gasteiger partial charge in [0.2, 0.25) is 23.6 Å². The van der Waals surface area contributed by atoms with Crippen molar-refractivity contribution in [1.29, 1.82) is 0 Å². The van der Waals surface area contributed by atoms with Gasteiger partial charge in [-0.1, -0.05) is 203 Å². The Morgan fingerprint density at radius 3 is 0.977 bits per heavy atom. The topological polar surface area (TPSA) is 158 Å². The minimum Gasteiger partial charge on any atom is -0.372 e. The molecule has 16 heteroatoms. The molecule has 6 amide bonds. The van der Waals surface area contributed by atoms with E-state index in [1.165, 1.54) is 153 Å². The number of carbonyl (C=O) groups is 7. The van der Waals surface area contributed by atoms with E-state index < -0.39 is 0 Å². The highest BCUT2D eigenvalue weighted by Crippen LogP contribution is 2.66. The van der Waals surface area contributed by atoms with E-state index in [9.17, 15) is 33.6 Å². The summed E-state index contributed by atoms with van der Waals surface area (Å²) in [6.07, 6.45) is 37.8. The second kappa shape index (κ2) is 39.4. The van der Waals surface area contributed by atoms with Crippen molar-refractivity contribution < 1.29 is 38.3 Å². The van der Waals surface area contributed by atoms with Crippen molar-refractivity contribution in [3.8, 4) is 23.7 Å². The highest BCUT2D eigenvalue weighted by Gasteiger charge is 2.62. The van der Waals surface area contributed by atoms with Crippen LogP contribution in [0.15, 0.2) is 74.5 Å². The van der Waals surface area contributed by atoms with Gasteiger partial charge < -0.3 is 43.9 Å². The Morgan fingerprint density at radius 1 is 0.383 bits per heavy atom. The highest BCUT2D eigenvalue weighted by molar-refractivity contribution is 5.95. The lowest BCUT2D eigenvalue weighted by Crippen LogP contribution is -2.64. The van der Waals surface area contributed by atoms with E-state index >= 15 is 0 Å². The van der Waals surface area contributed by atoms with Crippen LogP contribution in [0.1, 0.15) is 302 Å². The zero-order chi connectivity index (χ0) is 95.1. The second-order valence-electron chi connectivity index (χ2n) is 52.6. The van der Waals surface area contributed by atoms with E-state index in [1.807, 2.05) is 62.6 Å². The first-order valence-electron chi connectivity index (χ1n) is 50.2. The van der Waals surface area contributed by atoms with E-state index in [-0.39, 0.29) is 41.2 Å². The van der Waals surface area contributed by atoms with Gasteiger partial charge in [-0.05, 0) is 307 Å². The normalized spacial score (nSPS) is 26.7. The molecule has 9 aliphatic carbocycles. The summed E-state index contributed by atoms with van der Waals surface area (Å²) in [5.74, 6) is 20.4. The standard InChI is InChI=1S/C16H28N2O.C15H23NO.2C14H23NO.C14H22O.2C13H21NO.C13H19NO/c1-15(2,3)13-9-16(10-13)11-18(12-16)14(19)7-6-8-17(4)5;1-5-6-13(17)16-8-7-15(11-16)9-12(10-15)14(2,3)4;1-5-12(16)15-7-6-14(10-15)8-11(9-14)13(2,3)4;1-5-6-12(16)15-9-14(10-15)7-11(8-14)13(2,3)4;1-5-12(15)10-6-14(7-10)8-11(9-14)13(2,3)4;1-9(2)11-4-13(5-11)7-14(8-13)10(3)12-6-15-12;1-5-11(15)14-8-13(9-14)6-10(7-13)12(2,3)4;1-4-5-12(15)14-8-13(9-14)6-11(7-13)10(2)3/h6-7,13H,8-12H2,1-5H3;12H,7-11H2,1-4H3;5,11H,1,6-10H2,2-4H3;5-6,11H,7-10H2,1-4H3;5,10-11H,1,6-9H2,2-4H3;9,11-12H,3-8H2,1-2H3;5,10H,1,6-9H2,2-4H3;10-11H,6-9H2,1-3H3/b7-6+;;;6-5+;;;;. The molecule has 8 aliphatic heterocycles. The number of ketones is 1. The summed E-state index contributed by atoms with van der Waals surface area (Å²) in [5, 5.41) is 0. The van der Waals surface area contributed by atoms with E-state index in [2.05, 4.69) is 212 Å². The zero-order valence-corrected chi connectivity index (χ0v) is 86.1. The Balaban J connectivity index is 0.000000152. The van der Waals surface area contributed by atoms with Crippen molar-refractivity contribution in [2.24, 2.45) is 141 Å². The summed E-state index contributed by atoms with van der Waals surface area (Å²) in [6, 6.07) is 0. The zero-order valence-electron chi connectivity index (χ0n) is 86.1. The Morgan fingerprint density at radius 2 is 0.664 bits per heavy atom. The molecule has 1 unspecified atom stereocenters. The molecule has 8 heterocycles. The molecule has 0 aromatic rings. The maximum absolute atomic E-state index is 11.9. The molecule has 17 fully saturated rings. The Labute approximate surface area is 779 Å². The molecule has 16 nitrogen and oxygen atoms in total. The molecule has 0 aromatic carbocycles. The van der Waals surface area contributed by atoms with E-state index in [4.69, 9.17) is 4.74 Å². The molecule has 0 N–H and O–H groups in total. The Kier molecular flexibility index (Phi) is 31.9. The van der Waals surface area contributed by atoms with Crippen LogP contribution in [-0.2, 0) is 38.3 Å². The van der Waals surface area contributed by atoms with Gasteiger partial charge in [0, 0.05) is 143 Å². The van der Waals surface area contributed by atoms with Gasteiger partial charge in [0.1, 0.15) is 6.10 Å². The van der Waals surface area contributed by atoms with Crippen LogP contribution in [-0.4, -0.2) is 205 Å². The Bertz CT molecular complexity index is 4060. The van der Waals surface area contributed by atoms with Crippen LogP contribution < -0.4 is 0 Å². The quantitative estimate of drug-likeness (QED) is 0.105. The summed E-state index contributed by atoms with van der Waals surface area (Å²) in [4.78, 5) is 97.0. The summed E-state index contributed by atoms with van der Waals surface area (Å²) >= 11 is 0. The molecule has 9 saturated carbocycles. The first kappa shape index (κ1) is 104. The number of amides is 6. The lowest BCUT2D eigenvalue weighted by molar-refractivity contribution is -0.156. The fraction of sp³-hybridized carbons (Fsp3) is 0.795. The molecule has 17 aliphatic rings. The minimum atomic E-state index is 0.0103. The number of likely N-dealkylation sites (N-methyl/N-ethyl adjacent to an activating group) is 1. The average Bonchev–Trinajstić information content (AvgIpc) is 1.23. The lowest BCUT2D eigenvalue weighted by Gasteiger charge is -2.61. The largest absolute Gasteiger partial charge is 0.372 e. The molecular weight excluding hydrogens is 1590 g/mol. The number of epoxide rings is 1. The van der Waals surface area contributed by atoms with Gasteiger partial charge in [0.05, 0.1) is 6.61 Å². The van der Waals surface area contributed by atoms with Crippen LogP contribution in [0.4, 0.5) is 0 Å². The monoisotopic (exact) mass is 1770 g/mol. The molecule has 0 radical (unpaired) electrons. The molecule has 128 heavy (non-hydrogen) atoms. The SMILES string of the molecule is C/C=C/C(=O)N1CC2(CC(C(C)(C)C)C2)C1.C=C(C1CO1)N1CC2(CC(C(C)C)C2)C1.C=CC(=O)C1CC2(C1)CC(C(C)(C)C)C2.C=CC(=O)N1CC2(CC(C(C)(C)C)C2)C1.C=CC(=O)N1CCC2(CC(C(C)(C)C)C2)C1.CC#CC(=O)N1CC2(CC(C(C)C)C2)C1.CC#CC(=O)N1CCC2(CC(C(C)(C)C)C2)C1.CN(C)C/C=C/C(=O)N1CC2(CC(C(C)(C)C)C2)C1. The molecule has 8 saturated heterocycles. The number of hydrogen-bond acceptors (Lipinski definition) is 10. The van der Waals surface area contributed by atoms with Crippen molar-refractivity contribution in [2.75, 3.05) is 119 Å². The van der Waals surface area contributed by atoms with Crippen LogP contribution in [0.5, 0.6) is 0 Å². The maximum Gasteiger partial charge on any atom is 0.298 e. The van der Waals surface area contributed by atoms with E-state index in [0.717, 1.165) is 164 Å². The van der Waals surface area contributed by atoms with Crippen LogP contribution in [0.25, 0.3) is 0 Å².